The van der Waals surface area contributed by atoms with E-state index in [0.717, 1.165) is 0 Å². The molecule has 0 radical (unpaired) electrons. The molecule has 0 atom stereocenters. The summed E-state index contributed by atoms with van der Waals surface area (Å²) < 4.78 is 2.44. The van der Waals surface area contributed by atoms with E-state index in [2.05, 4.69) is 20.4 Å². The first kappa shape index (κ1) is 21.8. The molecule has 0 aliphatic heterocycles. The molecule has 0 saturated carbocycles. The summed E-state index contributed by atoms with van der Waals surface area (Å²) in [6.45, 7) is 4.35. The van der Waals surface area contributed by atoms with Crippen molar-refractivity contribution in [2.24, 2.45) is 15.3 Å². The molecule has 10 heteroatoms. The molecule has 158 valence electrons. The maximum absolute atomic E-state index is 12.6. The standard InChI is InChI=1S/C21H19ClN6O3/c1-13(29)20(14(2)30)25-24-18-8-4-16(5-9-18)12-23-27-15(3)26-28(21(27)31)19-10-6-17(22)7-11-19/h4-12,29H,1-3H3/b20-13-,23-12+,25-24?. The number of ketones is 1. The number of carbonyl (C=O) groups is 1. The van der Waals surface area contributed by atoms with Gasteiger partial charge in [-0.25, -0.2) is 4.79 Å². The van der Waals surface area contributed by atoms with Crippen LogP contribution in [0.25, 0.3) is 5.69 Å². The summed E-state index contributed by atoms with van der Waals surface area (Å²) in [6, 6.07) is 13.5. The highest BCUT2D eigenvalue weighted by molar-refractivity contribution is 6.30. The zero-order chi connectivity index (χ0) is 22.5. The molecule has 0 saturated heterocycles. The van der Waals surface area contributed by atoms with Gasteiger partial charge in [0.1, 0.15) is 5.76 Å². The summed E-state index contributed by atoms with van der Waals surface area (Å²) in [5.74, 6) is -0.156. The van der Waals surface area contributed by atoms with E-state index in [0.29, 0.717) is 27.8 Å². The number of carbonyl (C=O) groups excluding carboxylic acids is 1. The summed E-state index contributed by atoms with van der Waals surface area (Å²) >= 11 is 5.89. The number of aliphatic hydroxyl groups is 1. The van der Waals surface area contributed by atoms with Crippen LogP contribution >= 0.6 is 11.6 Å². The first-order valence-electron chi connectivity index (χ1n) is 9.18. The van der Waals surface area contributed by atoms with E-state index in [1.165, 1.54) is 29.4 Å². The monoisotopic (exact) mass is 438 g/mol. The Kier molecular flexibility index (Phi) is 6.56. The fourth-order valence-corrected chi connectivity index (χ4v) is 2.72. The lowest BCUT2D eigenvalue weighted by molar-refractivity contribution is -0.113. The van der Waals surface area contributed by atoms with Gasteiger partial charge in [0.05, 0.1) is 17.6 Å². The number of aliphatic hydroxyl groups excluding tert-OH is 1. The van der Waals surface area contributed by atoms with Crippen molar-refractivity contribution < 1.29 is 9.90 Å². The summed E-state index contributed by atoms with van der Waals surface area (Å²) in [7, 11) is 0. The Bertz CT molecular complexity index is 1250. The highest BCUT2D eigenvalue weighted by Crippen LogP contribution is 2.16. The maximum atomic E-state index is 12.6. The third kappa shape index (κ3) is 5.20. The third-order valence-corrected chi connectivity index (χ3v) is 4.39. The minimum atomic E-state index is -0.413. The molecular formula is C21H19ClN6O3. The van der Waals surface area contributed by atoms with Crippen molar-refractivity contribution in [3.05, 3.63) is 86.9 Å². The second-order valence-corrected chi connectivity index (χ2v) is 6.99. The highest BCUT2D eigenvalue weighted by Gasteiger charge is 2.11. The predicted octanol–water partition coefficient (Wildman–Crippen LogP) is 4.34. The number of aryl methyl sites for hydroxylation is 1. The molecule has 1 heterocycles. The van der Waals surface area contributed by atoms with Gasteiger partial charge in [-0.2, -0.15) is 19.6 Å². The van der Waals surface area contributed by atoms with Crippen LogP contribution < -0.4 is 5.69 Å². The lowest BCUT2D eigenvalue weighted by atomic mass is 10.2. The van der Waals surface area contributed by atoms with Gasteiger partial charge in [-0.05, 0) is 55.8 Å². The molecule has 3 rings (SSSR count). The second kappa shape index (κ2) is 9.31. The van der Waals surface area contributed by atoms with Crippen LogP contribution in [0.4, 0.5) is 5.69 Å². The second-order valence-electron chi connectivity index (χ2n) is 6.56. The number of nitrogens with zero attached hydrogens (tertiary/aromatic N) is 6. The van der Waals surface area contributed by atoms with Crippen molar-refractivity contribution in [2.75, 3.05) is 0 Å². The van der Waals surface area contributed by atoms with E-state index in [4.69, 9.17) is 11.6 Å². The van der Waals surface area contributed by atoms with Crippen molar-refractivity contribution in [3.63, 3.8) is 0 Å². The Morgan fingerprint density at radius 1 is 1.10 bits per heavy atom. The molecule has 0 spiro atoms. The zero-order valence-corrected chi connectivity index (χ0v) is 17.8. The Morgan fingerprint density at radius 2 is 1.74 bits per heavy atom. The number of benzene rings is 2. The number of rotatable bonds is 6. The Labute approximate surface area is 182 Å². The molecule has 1 N–H and O–H groups in total. The first-order chi connectivity index (χ1) is 14.8. The van der Waals surface area contributed by atoms with Crippen molar-refractivity contribution in [1.82, 2.24) is 14.5 Å². The van der Waals surface area contributed by atoms with Crippen molar-refractivity contribution in [2.45, 2.75) is 20.8 Å². The average molecular weight is 439 g/mol. The molecule has 0 amide bonds. The van der Waals surface area contributed by atoms with Crippen molar-refractivity contribution >= 4 is 29.3 Å². The van der Waals surface area contributed by atoms with Crippen LogP contribution in [0, 0.1) is 6.92 Å². The number of azo groups is 1. The molecule has 31 heavy (non-hydrogen) atoms. The lowest BCUT2D eigenvalue weighted by Gasteiger charge is -1.98. The van der Waals surface area contributed by atoms with Crippen molar-refractivity contribution in [3.8, 4) is 5.69 Å². The summed E-state index contributed by atoms with van der Waals surface area (Å²) in [4.78, 5) is 24.1. The summed E-state index contributed by atoms with van der Waals surface area (Å²) in [5, 5.41) is 26.2. The number of aromatic nitrogens is 3. The van der Waals surface area contributed by atoms with Crippen LogP contribution in [0.1, 0.15) is 25.2 Å². The average Bonchev–Trinajstić information content (AvgIpc) is 3.01. The van der Waals surface area contributed by atoms with Crippen molar-refractivity contribution in [1.29, 1.82) is 0 Å². The number of halogens is 1. The van der Waals surface area contributed by atoms with Gasteiger partial charge in [0.15, 0.2) is 17.3 Å². The first-order valence-corrected chi connectivity index (χ1v) is 9.55. The quantitative estimate of drug-likeness (QED) is 0.267. The van der Waals surface area contributed by atoms with E-state index in [-0.39, 0.29) is 17.2 Å². The minimum Gasteiger partial charge on any atom is -0.510 e. The topological polar surface area (TPSA) is 114 Å². The van der Waals surface area contributed by atoms with Crippen LogP contribution in [0.5, 0.6) is 0 Å². The van der Waals surface area contributed by atoms with Gasteiger partial charge in [0.2, 0.25) is 0 Å². The van der Waals surface area contributed by atoms with E-state index >= 15 is 0 Å². The molecule has 0 unspecified atom stereocenters. The van der Waals surface area contributed by atoms with Crippen LogP contribution in [-0.4, -0.2) is 31.6 Å². The molecule has 9 nitrogen and oxygen atoms in total. The zero-order valence-electron chi connectivity index (χ0n) is 17.0. The molecule has 0 aliphatic rings. The van der Waals surface area contributed by atoms with Crippen LogP contribution in [0.3, 0.4) is 0 Å². The summed E-state index contributed by atoms with van der Waals surface area (Å²) in [6.07, 6.45) is 1.52. The number of Topliss-reactive ketones (excluding diaryl/α,β-unsaturated/α-hetero) is 1. The molecule has 0 fully saturated rings. The van der Waals surface area contributed by atoms with Gasteiger partial charge < -0.3 is 5.11 Å². The molecular weight excluding hydrogens is 420 g/mol. The summed E-state index contributed by atoms with van der Waals surface area (Å²) in [5.41, 5.74) is 1.27. The minimum absolute atomic E-state index is 0.0989. The van der Waals surface area contributed by atoms with E-state index < -0.39 is 5.69 Å². The number of hydrogen-bond acceptors (Lipinski definition) is 7. The van der Waals surface area contributed by atoms with Crippen LogP contribution in [-0.2, 0) is 4.79 Å². The molecule has 1 aromatic heterocycles. The molecule has 0 aliphatic carbocycles. The maximum Gasteiger partial charge on any atom is 0.371 e. The van der Waals surface area contributed by atoms with Gasteiger partial charge in [-0.3, -0.25) is 4.79 Å². The van der Waals surface area contributed by atoms with Gasteiger partial charge >= 0.3 is 5.69 Å². The van der Waals surface area contributed by atoms with Gasteiger partial charge in [0.25, 0.3) is 0 Å². The van der Waals surface area contributed by atoms with E-state index in [1.54, 1.807) is 55.5 Å². The van der Waals surface area contributed by atoms with Crippen LogP contribution in [0.2, 0.25) is 5.02 Å². The third-order valence-electron chi connectivity index (χ3n) is 4.14. The smallest absolute Gasteiger partial charge is 0.371 e. The molecule has 2 aromatic carbocycles. The Balaban J connectivity index is 1.80. The lowest BCUT2D eigenvalue weighted by Crippen LogP contribution is -2.21. The molecule has 0 bridgehead atoms. The predicted molar refractivity (Wildman–Crippen MR) is 118 cm³/mol. The Morgan fingerprint density at radius 3 is 2.32 bits per heavy atom. The van der Waals surface area contributed by atoms with Gasteiger partial charge in [-0.15, -0.1) is 10.2 Å². The number of allylic oxidation sites excluding steroid dienone is 2. The SMILES string of the molecule is CC(=O)/C(N=Nc1ccc(/C=N/n2c(C)nn(-c3ccc(Cl)cc3)c2=O)cc1)=C(\C)O. The number of hydrogen-bond donors (Lipinski definition) is 1. The van der Waals surface area contributed by atoms with Gasteiger partial charge in [0, 0.05) is 11.9 Å². The van der Waals surface area contributed by atoms with Crippen LogP contribution in [0.15, 0.2) is 80.1 Å². The molecule has 3 aromatic rings. The highest BCUT2D eigenvalue weighted by atomic mass is 35.5. The normalized spacial score (nSPS) is 12.5. The largest absolute Gasteiger partial charge is 0.510 e. The fraction of sp³-hybridized carbons (Fsp3) is 0.143. The Hall–Kier alpha value is -3.85. The van der Waals surface area contributed by atoms with Gasteiger partial charge in [-0.1, -0.05) is 23.7 Å². The van der Waals surface area contributed by atoms with E-state index in [1.807, 2.05) is 0 Å². The fourth-order valence-electron chi connectivity index (χ4n) is 2.60. The van der Waals surface area contributed by atoms with E-state index in [9.17, 15) is 14.7 Å².